The Morgan fingerprint density at radius 2 is 1.53 bits per heavy atom. The maximum absolute atomic E-state index is 13.6. The van der Waals surface area contributed by atoms with Gasteiger partial charge < -0.3 is 0 Å². The lowest BCUT2D eigenvalue weighted by Crippen LogP contribution is -2.04. The van der Waals surface area contributed by atoms with Gasteiger partial charge in [-0.25, -0.2) is 4.39 Å². The predicted octanol–water partition coefficient (Wildman–Crippen LogP) is 4.24. The fraction of sp³-hybridized carbons (Fsp3) is 0.235. The van der Waals surface area contributed by atoms with Crippen LogP contribution in [-0.4, -0.2) is 5.78 Å². The van der Waals surface area contributed by atoms with E-state index in [1.54, 1.807) is 26.0 Å². The SMILES string of the molecule is CCc1ccc(C(=O)c2cc(C)c(F)c(C)c2)cc1. The van der Waals surface area contributed by atoms with Crippen LogP contribution in [-0.2, 0) is 6.42 Å². The third-order valence-corrected chi connectivity index (χ3v) is 3.32. The zero-order valence-electron chi connectivity index (χ0n) is 11.5. The summed E-state index contributed by atoms with van der Waals surface area (Å²) >= 11 is 0. The van der Waals surface area contributed by atoms with E-state index in [1.807, 2.05) is 24.3 Å². The average Bonchev–Trinajstić information content (AvgIpc) is 2.43. The van der Waals surface area contributed by atoms with Crippen molar-refractivity contribution >= 4 is 5.78 Å². The molecule has 2 heteroatoms. The number of carbonyl (C=O) groups is 1. The number of aryl methyl sites for hydroxylation is 3. The molecule has 19 heavy (non-hydrogen) atoms. The van der Waals surface area contributed by atoms with Crippen molar-refractivity contribution in [3.63, 3.8) is 0 Å². The van der Waals surface area contributed by atoms with Crippen LogP contribution in [0, 0.1) is 19.7 Å². The topological polar surface area (TPSA) is 17.1 Å². The van der Waals surface area contributed by atoms with Crippen molar-refractivity contribution < 1.29 is 9.18 Å². The van der Waals surface area contributed by atoms with Crippen molar-refractivity contribution in [2.24, 2.45) is 0 Å². The summed E-state index contributed by atoms with van der Waals surface area (Å²) in [6.07, 6.45) is 0.948. The Balaban J connectivity index is 2.38. The predicted molar refractivity (Wildman–Crippen MR) is 75.1 cm³/mol. The highest BCUT2D eigenvalue weighted by atomic mass is 19.1. The average molecular weight is 256 g/mol. The largest absolute Gasteiger partial charge is 0.289 e. The van der Waals surface area contributed by atoms with Crippen molar-refractivity contribution in [3.8, 4) is 0 Å². The third-order valence-electron chi connectivity index (χ3n) is 3.32. The van der Waals surface area contributed by atoms with Gasteiger partial charge in [0.1, 0.15) is 5.82 Å². The Labute approximate surface area is 113 Å². The molecule has 0 saturated carbocycles. The number of hydrogen-bond acceptors (Lipinski definition) is 1. The second-order valence-electron chi connectivity index (χ2n) is 4.80. The number of benzene rings is 2. The third kappa shape index (κ3) is 2.73. The molecule has 0 bridgehead atoms. The second kappa shape index (κ2) is 5.35. The lowest BCUT2D eigenvalue weighted by molar-refractivity contribution is 0.103. The molecular formula is C17H17FO. The molecule has 0 N–H and O–H groups in total. The van der Waals surface area contributed by atoms with Crippen molar-refractivity contribution in [2.45, 2.75) is 27.2 Å². The molecule has 0 fully saturated rings. The first kappa shape index (κ1) is 13.5. The molecule has 0 unspecified atom stereocenters. The van der Waals surface area contributed by atoms with Crippen LogP contribution in [0.1, 0.15) is 39.5 Å². The summed E-state index contributed by atoms with van der Waals surface area (Å²) in [4.78, 5) is 12.3. The molecule has 0 amide bonds. The minimum Gasteiger partial charge on any atom is -0.289 e. The van der Waals surface area contributed by atoms with Crippen LogP contribution in [0.2, 0.25) is 0 Å². The Morgan fingerprint density at radius 1 is 1.00 bits per heavy atom. The van der Waals surface area contributed by atoms with E-state index in [0.29, 0.717) is 22.3 Å². The fourth-order valence-corrected chi connectivity index (χ4v) is 2.14. The monoisotopic (exact) mass is 256 g/mol. The summed E-state index contributed by atoms with van der Waals surface area (Å²) in [5.74, 6) is -0.299. The Morgan fingerprint density at radius 3 is 2.00 bits per heavy atom. The molecule has 0 aromatic heterocycles. The molecule has 98 valence electrons. The standard InChI is InChI=1S/C17H17FO/c1-4-13-5-7-14(8-6-13)17(19)15-9-11(2)16(18)12(3)10-15/h5-10H,4H2,1-3H3. The van der Waals surface area contributed by atoms with E-state index in [2.05, 4.69) is 6.92 Å². The van der Waals surface area contributed by atoms with Crippen LogP contribution in [0.3, 0.4) is 0 Å². The van der Waals surface area contributed by atoms with Gasteiger partial charge in [-0.3, -0.25) is 4.79 Å². The Hall–Kier alpha value is -1.96. The Kier molecular flexibility index (Phi) is 3.79. The maximum atomic E-state index is 13.6. The molecule has 0 heterocycles. The summed E-state index contributed by atoms with van der Waals surface area (Å²) in [7, 11) is 0. The highest BCUT2D eigenvalue weighted by Gasteiger charge is 2.12. The lowest BCUT2D eigenvalue weighted by Gasteiger charge is -2.07. The van der Waals surface area contributed by atoms with Gasteiger partial charge in [0.05, 0.1) is 0 Å². The smallest absolute Gasteiger partial charge is 0.193 e. The molecule has 0 aliphatic carbocycles. The van der Waals surface area contributed by atoms with Crippen LogP contribution < -0.4 is 0 Å². The van der Waals surface area contributed by atoms with Crippen LogP contribution in [0.25, 0.3) is 0 Å². The van der Waals surface area contributed by atoms with Crippen LogP contribution in [0.4, 0.5) is 4.39 Å². The summed E-state index contributed by atoms with van der Waals surface area (Å²) < 4.78 is 13.6. The summed E-state index contributed by atoms with van der Waals surface area (Å²) in [6, 6.07) is 10.8. The number of rotatable bonds is 3. The number of carbonyl (C=O) groups excluding carboxylic acids is 1. The first-order valence-electron chi connectivity index (χ1n) is 6.43. The van der Waals surface area contributed by atoms with E-state index in [4.69, 9.17) is 0 Å². The molecule has 0 spiro atoms. The van der Waals surface area contributed by atoms with Gasteiger partial charge in [0.15, 0.2) is 5.78 Å². The Bertz CT molecular complexity index is 589. The lowest BCUT2D eigenvalue weighted by atomic mass is 9.98. The molecule has 0 radical (unpaired) electrons. The number of hydrogen-bond donors (Lipinski definition) is 0. The number of halogens is 1. The first-order valence-corrected chi connectivity index (χ1v) is 6.43. The van der Waals surface area contributed by atoms with Gasteiger partial charge >= 0.3 is 0 Å². The highest BCUT2D eigenvalue weighted by Crippen LogP contribution is 2.18. The minimum atomic E-state index is -0.238. The van der Waals surface area contributed by atoms with Gasteiger partial charge in [-0.05, 0) is 49.1 Å². The van der Waals surface area contributed by atoms with Gasteiger partial charge in [0.2, 0.25) is 0 Å². The number of ketones is 1. The second-order valence-corrected chi connectivity index (χ2v) is 4.80. The minimum absolute atomic E-state index is 0.0612. The molecule has 1 nitrogen and oxygen atoms in total. The van der Waals surface area contributed by atoms with E-state index in [-0.39, 0.29) is 11.6 Å². The molecule has 2 rings (SSSR count). The quantitative estimate of drug-likeness (QED) is 0.751. The van der Waals surface area contributed by atoms with E-state index >= 15 is 0 Å². The van der Waals surface area contributed by atoms with Crippen LogP contribution in [0.15, 0.2) is 36.4 Å². The van der Waals surface area contributed by atoms with Crippen molar-refractivity contribution in [1.29, 1.82) is 0 Å². The zero-order valence-corrected chi connectivity index (χ0v) is 11.5. The van der Waals surface area contributed by atoms with Gasteiger partial charge in [-0.15, -0.1) is 0 Å². The molecule has 0 aliphatic rings. The first-order chi connectivity index (χ1) is 9.02. The van der Waals surface area contributed by atoms with Crippen molar-refractivity contribution in [1.82, 2.24) is 0 Å². The summed E-state index contributed by atoms with van der Waals surface area (Å²) in [5, 5.41) is 0. The summed E-state index contributed by atoms with van der Waals surface area (Å²) in [5.41, 5.74) is 3.40. The van der Waals surface area contributed by atoms with E-state index < -0.39 is 0 Å². The van der Waals surface area contributed by atoms with Gasteiger partial charge in [-0.2, -0.15) is 0 Å². The van der Waals surface area contributed by atoms with Crippen LogP contribution in [0.5, 0.6) is 0 Å². The van der Waals surface area contributed by atoms with Gasteiger partial charge in [-0.1, -0.05) is 31.2 Å². The van der Waals surface area contributed by atoms with E-state index in [0.717, 1.165) is 6.42 Å². The zero-order chi connectivity index (χ0) is 14.0. The fourth-order valence-electron chi connectivity index (χ4n) is 2.14. The highest BCUT2D eigenvalue weighted by molar-refractivity contribution is 6.09. The molecule has 0 aliphatic heterocycles. The molecule has 2 aromatic carbocycles. The molecule has 0 atom stereocenters. The van der Waals surface area contributed by atoms with Crippen molar-refractivity contribution in [2.75, 3.05) is 0 Å². The van der Waals surface area contributed by atoms with Gasteiger partial charge in [0.25, 0.3) is 0 Å². The van der Waals surface area contributed by atoms with Gasteiger partial charge in [0, 0.05) is 11.1 Å². The van der Waals surface area contributed by atoms with Crippen molar-refractivity contribution in [3.05, 3.63) is 70.0 Å². The molecule has 2 aromatic rings. The van der Waals surface area contributed by atoms with Crippen LogP contribution >= 0.6 is 0 Å². The normalized spacial score (nSPS) is 10.5. The van der Waals surface area contributed by atoms with E-state index in [9.17, 15) is 9.18 Å². The maximum Gasteiger partial charge on any atom is 0.193 e. The molecule has 0 saturated heterocycles. The van der Waals surface area contributed by atoms with E-state index in [1.165, 1.54) is 5.56 Å². The summed E-state index contributed by atoms with van der Waals surface area (Å²) in [6.45, 7) is 5.43. The molecular weight excluding hydrogens is 239 g/mol.